The summed E-state index contributed by atoms with van der Waals surface area (Å²) in [5, 5.41) is 8.71. The number of unbranched alkanes of at least 4 members (excludes halogenated alkanes) is 2. The number of sulfonamides is 1. The molecule has 0 bridgehead atoms. The number of rotatable bonds is 8. The van der Waals surface area contributed by atoms with Gasteiger partial charge in [0.05, 0.1) is 7.11 Å². The largest absolute Gasteiger partial charge is 0.495 e. The summed E-state index contributed by atoms with van der Waals surface area (Å²) < 4.78 is 31.3. The number of nitrogen functional groups attached to an aromatic ring is 1. The third-order valence-corrected chi connectivity index (χ3v) is 4.89. The van der Waals surface area contributed by atoms with E-state index in [0.29, 0.717) is 25.1 Å². The van der Waals surface area contributed by atoms with Crippen LogP contribution >= 0.6 is 0 Å². The number of aliphatic hydroxyl groups is 1. The van der Waals surface area contributed by atoms with Gasteiger partial charge in [0, 0.05) is 25.9 Å². The van der Waals surface area contributed by atoms with E-state index < -0.39 is 10.0 Å². The third-order valence-electron chi connectivity index (χ3n) is 3.01. The molecule has 6 nitrogen and oxygen atoms in total. The molecule has 7 heteroatoms. The summed E-state index contributed by atoms with van der Waals surface area (Å²) in [4.78, 5) is 0.0738. The van der Waals surface area contributed by atoms with Crippen LogP contribution in [0.2, 0.25) is 0 Å². The van der Waals surface area contributed by atoms with Crippen LogP contribution in [0.3, 0.4) is 0 Å². The molecule has 0 unspecified atom stereocenters. The van der Waals surface area contributed by atoms with E-state index in [9.17, 15) is 8.42 Å². The average Bonchev–Trinajstić information content (AvgIpc) is 2.43. The van der Waals surface area contributed by atoms with Gasteiger partial charge < -0.3 is 15.6 Å². The van der Waals surface area contributed by atoms with Crippen molar-refractivity contribution >= 4 is 15.7 Å². The van der Waals surface area contributed by atoms with Crippen molar-refractivity contribution in [1.29, 1.82) is 0 Å². The summed E-state index contributed by atoms with van der Waals surface area (Å²) in [5.41, 5.74) is 6.03. The van der Waals surface area contributed by atoms with E-state index in [4.69, 9.17) is 15.6 Å². The number of methoxy groups -OCH3 is 1. The zero-order valence-electron chi connectivity index (χ0n) is 11.9. The molecule has 0 amide bonds. The van der Waals surface area contributed by atoms with Gasteiger partial charge in [-0.1, -0.05) is 0 Å². The SMILES string of the molecule is COc1ccc(N)cc1S(=O)(=O)N(C)CCCCCO. The second-order valence-corrected chi connectivity index (χ2v) is 6.53. The van der Waals surface area contributed by atoms with Crippen LogP contribution in [-0.2, 0) is 10.0 Å². The highest BCUT2D eigenvalue weighted by Gasteiger charge is 2.24. The number of hydrogen-bond acceptors (Lipinski definition) is 5. The minimum Gasteiger partial charge on any atom is -0.495 e. The predicted octanol–water partition coefficient (Wildman–Crippen LogP) is 1.06. The van der Waals surface area contributed by atoms with Crippen LogP contribution in [0.15, 0.2) is 23.1 Å². The Kier molecular flexibility index (Phi) is 6.25. The number of hydrogen-bond donors (Lipinski definition) is 2. The lowest BCUT2D eigenvalue weighted by Crippen LogP contribution is -2.28. The molecule has 0 fully saturated rings. The number of nitrogens with zero attached hydrogens (tertiary/aromatic N) is 1. The number of nitrogens with two attached hydrogens (primary N) is 1. The summed E-state index contributed by atoms with van der Waals surface area (Å²) >= 11 is 0. The molecule has 0 aliphatic heterocycles. The van der Waals surface area contributed by atoms with E-state index in [-0.39, 0.29) is 17.3 Å². The molecule has 114 valence electrons. The fraction of sp³-hybridized carbons (Fsp3) is 0.538. The maximum Gasteiger partial charge on any atom is 0.246 e. The van der Waals surface area contributed by atoms with Crippen LogP contribution in [0.4, 0.5) is 5.69 Å². The number of anilines is 1. The normalized spacial score (nSPS) is 11.8. The first-order valence-corrected chi connectivity index (χ1v) is 7.88. The van der Waals surface area contributed by atoms with Gasteiger partial charge in [0.15, 0.2) is 0 Å². The van der Waals surface area contributed by atoms with Crippen molar-refractivity contribution in [2.75, 3.05) is 33.0 Å². The standard InChI is InChI=1S/C13H22N2O4S/c1-15(8-4-3-5-9-16)20(17,18)13-10-11(14)6-7-12(13)19-2/h6-7,10,16H,3-5,8-9,14H2,1-2H3. The van der Waals surface area contributed by atoms with Gasteiger partial charge in [0.25, 0.3) is 0 Å². The van der Waals surface area contributed by atoms with Crippen molar-refractivity contribution in [3.05, 3.63) is 18.2 Å². The van der Waals surface area contributed by atoms with Crippen molar-refractivity contribution in [2.45, 2.75) is 24.2 Å². The van der Waals surface area contributed by atoms with Crippen LogP contribution in [0.5, 0.6) is 5.75 Å². The molecule has 1 aromatic rings. The quantitative estimate of drug-likeness (QED) is 0.553. The summed E-state index contributed by atoms with van der Waals surface area (Å²) in [5.74, 6) is 0.279. The van der Waals surface area contributed by atoms with E-state index in [1.165, 1.54) is 24.5 Å². The Bertz CT molecular complexity index is 531. The van der Waals surface area contributed by atoms with Crippen molar-refractivity contribution in [3.8, 4) is 5.75 Å². The first-order valence-electron chi connectivity index (χ1n) is 6.44. The lowest BCUT2D eigenvalue weighted by atomic mass is 10.2. The van der Waals surface area contributed by atoms with E-state index in [1.54, 1.807) is 12.1 Å². The highest BCUT2D eigenvalue weighted by molar-refractivity contribution is 7.89. The molecule has 3 N–H and O–H groups in total. The van der Waals surface area contributed by atoms with Gasteiger partial charge in [0.1, 0.15) is 10.6 Å². The number of benzene rings is 1. The van der Waals surface area contributed by atoms with Crippen LogP contribution in [0.25, 0.3) is 0 Å². The van der Waals surface area contributed by atoms with Crippen LogP contribution in [0, 0.1) is 0 Å². The first kappa shape index (κ1) is 16.7. The van der Waals surface area contributed by atoms with Crippen LogP contribution < -0.4 is 10.5 Å². The molecular formula is C13H22N2O4S. The molecule has 1 rings (SSSR count). The molecule has 0 aliphatic carbocycles. The minimum absolute atomic E-state index is 0.0738. The molecule has 0 atom stereocenters. The molecule has 0 saturated carbocycles. The smallest absolute Gasteiger partial charge is 0.246 e. The Balaban J connectivity index is 2.89. The average molecular weight is 302 g/mol. The molecule has 0 spiro atoms. The second-order valence-electron chi connectivity index (χ2n) is 4.52. The topological polar surface area (TPSA) is 92.9 Å². The van der Waals surface area contributed by atoms with Gasteiger partial charge in [-0.2, -0.15) is 0 Å². The lowest BCUT2D eigenvalue weighted by Gasteiger charge is -2.19. The molecule has 0 aromatic heterocycles. The molecule has 0 saturated heterocycles. The van der Waals surface area contributed by atoms with E-state index >= 15 is 0 Å². The Morgan fingerprint density at radius 2 is 2.00 bits per heavy atom. The zero-order valence-corrected chi connectivity index (χ0v) is 12.7. The van der Waals surface area contributed by atoms with E-state index in [2.05, 4.69) is 0 Å². The summed E-state index contributed by atoms with van der Waals surface area (Å²) in [6, 6.07) is 4.54. The van der Waals surface area contributed by atoms with E-state index in [1.807, 2.05) is 0 Å². The molecule has 0 aliphatic rings. The highest BCUT2D eigenvalue weighted by atomic mass is 32.2. The highest BCUT2D eigenvalue weighted by Crippen LogP contribution is 2.28. The molecule has 0 radical (unpaired) electrons. The van der Waals surface area contributed by atoms with Crippen molar-refractivity contribution in [3.63, 3.8) is 0 Å². The Labute approximate surface area is 120 Å². The van der Waals surface area contributed by atoms with Crippen molar-refractivity contribution < 1.29 is 18.3 Å². The third kappa shape index (κ3) is 4.09. The predicted molar refractivity (Wildman–Crippen MR) is 78.2 cm³/mol. The van der Waals surface area contributed by atoms with Gasteiger partial charge >= 0.3 is 0 Å². The second kappa shape index (κ2) is 7.47. The van der Waals surface area contributed by atoms with Crippen LogP contribution in [0.1, 0.15) is 19.3 Å². The van der Waals surface area contributed by atoms with Gasteiger partial charge in [-0.15, -0.1) is 0 Å². The summed E-state index contributed by atoms with van der Waals surface area (Å²) in [6.45, 7) is 0.514. The van der Waals surface area contributed by atoms with Gasteiger partial charge in [-0.25, -0.2) is 12.7 Å². The zero-order chi connectivity index (χ0) is 15.2. The Morgan fingerprint density at radius 3 is 2.60 bits per heavy atom. The Hall–Kier alpha value is -1.31. The molecule has 0 heterocycles. The molecular weight excluding hydrogens is 280 g/mol. The Morgan fingerprint density at radius 1 is 1.30 bits per heavy atom. The van der Waals surface area contributed by atoms with Gasteiger partial charge in [0.2, 0.25) is 10.0 Å². The fourth-order valence-corrected chi connectivity index (χ4v) is 3.20. The van der Waals surface area contributed by atoms with Crippen molar-refractivity contribution in [1.82, 2.24) is 4.31 Å². The maximum atomic E-state index is 12.5. The van der Waals surface area contributed by atoms with Gasteiger partial charge in [-0.3, -0.25) is 0 Å². The monoisotopic (exact) mass is 302 g/mol. The van der Waals surface area contributed by atoms with Gasteiger partial charge in [-0.05, 0) is 37.5 Å². The van der Waals surface area contributed by atoms with Crippen LogP contribution in [-0.4, -0.2) is 45.1 Å². The summed E-state index contributed by atoms with van der Waals surface area (Å²) in [6.07, 6.45) is 2.15. The first-order chi connectivity index (χ1) is 9.43. The van der Waals surface area contributed by atoms with E-state index in [0.717, 1.165) is 6.42 Å². The lowest BCUT2D eigenvalue weighted by molar-refractivity contribution is 0.281. The van der Waals surface area contributed by atoms with Crippen molar-refractivity contribution in [2.24, 2.45) is 0 Å². The summed E-state index contributed by atoms with van der Waals surface area (Å²) in [7, 11) is -0.678. The number of aliphatic hydroxyl groups excluding tert-OH is 1. The number of ether oxygens (including phenoxy) is 1. The maximum absolute atomic E-state index is 12.5. The minimum atomic E-state index is -3.63. The molecule has 20 heavy (non-hydrogen) atoms. The molecule has 1 aromatic carbocycles. The fourth-order valence-electron chi connectivity index (χ4n) is 1.81.